The van der Waals surface area contributed by atoms with E-state index in [0.717, 1.165) is 0 Å². The zero-order valence-corrected chi connectivity index (χ0v) is 4.72. The van der Waals surface area contributed by atoms with Crippen molar-refractivity contribution in [2.24, 2.45) is 0 Å². The van der Waals surface area contributed by atoms with E-state index >= 15 is 0 Å². The molecule has 0 bridgehead atoms. The van der Waals surface area contributed by atoms with Gasteiger partial charge in [-0.1, -0.05) is 0 Å². The number of hydrogen-bond donors (Lipinski definition) is 3. The summed E-state index contributed by atoms with van der Waals surface area (Å²) in [7, 11) is 1.59. The molecule has 0 amide bonds. The predicted molar refractivity (Wildman–Crippen MR) is 27.9 cm³/mol. The first-order chi connectivity index (χ1) is 3.83. The van der Waals surface area contributed by atoms with Crippen molar-refractivity contribution in [3.8, 4) is 0 Å². The third kappa shape index (κ3) is 1.16. The van der Waals surface area contributed by atoms with E-state index in [0.29, 0.717) is 6.54 Å². The lowest BCUT2D eigenvalue weighted by Gasteiger charge is -2.05. The molecule has 4 heteroatoms. The maximum Gasteiger partial charge on any atom is 0.162 e. The molecule has 0 aromatic carbocycles. The normalized spacial score (nSPS) is 38.2. The molecule has 48 valence electrons. The van der Waals surface area contributed by atoms with E-state index in [4.69, 9.17) is 9.84 Å². The number of hydrogen-bond acceptors (Lipinski definition) is 4. The average Bonchev–Trinajstić information content (AvgIpc) is 2.14. The molecule has 4 nitrogen and oxygen atoms in total. The molecule has 0 aliphatic carbocycles. The number of aliphatic hydroxyl groups excluding tert-OH is 1. The van der Waals surface area contributed by atoms with Crippen molar-refractivity contribution >= 4 is 0 Å². The quantitative estimate of drug-likeness (QED) is 0.389. The van der Waals surface area contributed by atoms with E-state index < -0.39 is 6.35 Å². The van der Waals surface area contributed by atoms with Crippen molar-refractivity contribution in [3.63, 3.8) is 0 Å². The van der Waals surface area contributed by atoms with Crippen LogP contribution >= 0.6 is 0 Å². The van der Waals surface area contributed by atoms with Crippen molar-refractivity contribution < 1.29 is 9.84 Å². The molecule has 1 rings (SSSR count). The second-order valence-corrected chi connectivity index (χ2v) is 1.70. The monoisotopic (exact) mass is 118 g/mol. The van der Waals surface area contributed by atoms with Gasteiger partial charge >= 0.3 is 0 Å². The highest BCUT2D eigenvalue weighted by Crippen LogP contribution is 1.90. The summed E-state index contributed by atoms with van der Waals surface area (Å²) in [5.74, 6) is 0. The predicted octanol–water partition coefficient (Wildman–Crippen LogP) is -1.57. The first-order valence-electron chi connectivity index (χ1n) is 2.53. The highest BCUT2D eigenvalue weighted by Gasteiger charge is 2.18. The average molecular weight is 118 g/mol. The maximum atomic E-state index is 8.73. The van der Waals surface area contributed by atoms with E-state index in [1.165, 1.54) is 0 Å². The molecular weight excluding hydrogens is 108 g/mol. The summed E-state index contributed by atoms with van der Waals surface area (Å²) in [4.78, 5) is 0. The standard InChI is InChI=1S/C4H10N2O2/c1-8-3-2-5-4(7)6-3/h3-7H,2H2,1H3. The highest BCUT2D eigenvalue weighted by molar-refractivity contribution is 4.68. The summed E-state index contributed by atoms with van der Waals surface area (Å²) in [6.07, 6.45) is -0.634. The smallest absolute Gasteiger partial charge is 0.162 e. The van der Waals surface area contributed by atoms with Crippen LogP contribution in [0.4, 0.5) is 0 Å². The van der Waals surface area contributed by atoms with E-state index in [1.54, 1.807) is 7.11 Å². The second kappa shape index (κ2) is 2.41. The van der Waals surface area contributed by atoms with Gasteiger partial charge in [0.05, 0.1) is 0 Å². The molecular formula is C4H10N2O2. The molecule has 1 aliphatic heterocycles. The molecule has 1 fully saturated rings. The lowest BCUT2D eigenvalue weighted by atomic mass is 10.6. The van der Waals surface area contributed by atoms with Gasteiger partial charge in [-0.15, -0.1) is 0 Å². The van der Waals surface area contributed by atoms with Crippen LogP contribution < -0.4 is 10.6 Å². The zero-order chi connectivity index (χ0) is 5.98. The Kier molecular flexibility index (Phi) is 1.80. The zero-order valence-electron chi connectivity index (χ0n) is 4.72. The van der Waals surface area contributed by atoms with Crippen LogP contribution in [0, 0.1) is 0 Å². The van der Waals surface area contributed by atoms with Gasteiger partial charge in [0.25, 0.3) is 0 Å². The van der Waals surface area contributed by atoms with Gasteiger partial charge in [0.2, 0.25) is 0 Å². The molecule has 1 heterocycles. The van der Waals surface area contributed by atoms with Gasteiger partial charge in [-0.3, -0.25) is 10.6 Å². The molecule has 0 radical (unpaired) electrons. The van der Waals surface area contributed by atoms with Crippen LogP contribution in [0.5, 0.6) is 0 Å². The Morgan fingerprint density at radius 1 is 1.75 bits per heavy atom. The second-order valence-electron chi connectivity index (χ2n) is 1.70. The van der Waals surface area contributed by atoms with Crippen LogP contribution in [0.15, 0.2) is 0 Å². The van der Waals surface area contributed by atoms with E-state index in [-0.39, 0.29) is 6.23 Å². The lowest BCUT2D eigenvalue weighted by Crippen LogP contribution is -2.33. The Balaban J connectivity index is 2.22. The molecule has 3 N–H and O–H groups in total. The van der Waals surface area contributed by atoms with Gasteiger partial charge in [-0.2, -0.15) is 0 Å². The molecule has 0 saturated carbocycles. The minimum Gasteiger partial charge on any atom is -0.365 e. The molecule has 2 unspecified atom stereocenters. The fourth-order valence-corrected chi connectivity index (χ4v) is 0.664. The highest BCUT2D eigenvalue weighted by atomic mass is 16.5. The van der Waals surface area contributed by atoms with Crippen LogP contribution in [0.1, 0.15) is 0 Å². The topological polar surface area (TPSA) is 53.5 Å². The molecule has 2 atom stereocenters. The summed E-state index contributed by atoms with van der Waals surface area (Å²) < 4.78 is 4.85. The summed E-state index contributed by atoms with van der Waals surface area (Å²) >= 11 is 0. The van der Waals surface area contributed by atoms with Crippen LogP contribution in [0.25, 0.3) is 0 Å². The molecule has 1 saturated heterocycles. The summed E-state index contributed by atoms with van der Waals surface area (Å²) in [6.45, 7) is 0.664. The van der Waals surface area contributed by atoms with Crippen molar-refractivity contribution in [2.45, 2.75) is 12.6 Å². The Labute approximate surface area is 47.8 Å². The van der Waals surface area contributed by atoms with Gasteiger partial charge in [0, 0.05) is 13.7 Å². The van der Waals surface area contributed by atoms with E-state index in [9.17, 15) is 0 Å². The van der Waals surface area contributed by atoms with Gasteiger partial charge in [-0.25, -0.2) is 0 Å². The Hall–Kier alpha value is -0.160. The summed E-state index contributed by atoms with van der Waals surface area (Å²) in [6, 6.07) is 0. The van der Waals surface area contributed by atoms with Crippen molar-refractivity contribution in [2.75, 3.05) is 13.7 Å². The Morgan fingerprint density at radius 3 is 2.75 bits per heavy atom. The molecule has 0 aromatic heterocycles. The van der Waals surface area contributed by atoms with Gasteiger partial charge in [0.1, 0.15) is 6.23 Å². The number of methoxy groups -OCH3 is 1. The van der Waals surface area contributed by atoms with Crippen molar-refractivity contribution in [3.05, 3.63) is 0 Å². The minimum absolute atomic E-state index is 0.0370. The van der Waals surface area contributed by atoms with Crippen molar-refractivity contribution in [1.82, 2.24) is 10.6 Å². The Bertz CT molecular complexity index is 78.4. The molecule has 0 aromatic rings. The van der Waals surface area contributed by atoms with Crippen LogP contribution in [0.3, 0.4) is 0 Å². The third-order valence-electron chi connectivity index (χ3n) is 1.12. The van der Waals surface area contributed by atoms with Crippen molar-refractivity contribution in [1.29, 1.82) is 0 Å². The molecule has 1 aliphatic rings. The number of nitrogens with one attached hydrogen (secondary N) is 2. The maximum absolute atomic E-state index is 8.73. The molecule has 8 heavy (non-hydrogen) atoms. The summed E-state index contributed by atoms with van der Waals surface area (Å²) in [5, 5.41) is 14.2. The van der Waals surface area contributed by atoms with E-state index in [1.807, 2.05) is 0 Å². The molecule has 0 spiro atoms. The van der Waals surface area contributed by atoms with Gasteiger partial charge in [0.15, 0.2) is 6.35 Å². The van der Waals surface area contributed by atoms with Gasteiger partial charge in [-0.05, 0) is 0 Å². The summed E-state index contributed by atoms with van der Waals surface area (Å²) in [5.41, 5.74) is 0. The SMILES string of the molecule is COC1CNC(O)N1. The lowest BCUT2D eigenvalue weighted by molar-refractivity contribution is 0.0614. The third-order valence-corrected chi connectivity index (χ3v) is 1.12. The minimum atomic E-state index is -0.597. The van der Waals surface area contributed by atoms with Gasteiger partial charge < -0.3 is 9.84 Å². The number of aliphatic hydroxyl groups is 1. The number of ether oxygens (including phenoxy) is 1. The fraction of sp³-hybridized carbons (Fsp3) is 1.00. The number of rotatable bonds is 1. The van der Waals surface area contributed by atoms with Crippen LogP contribution in [0.2, 0.25) is 0 Å². The van der Waals surface area contributed by atoms with Crippen LogP contribution in [-0.4, -0.2) is 31.3 Å². The largest absolute Gasteiger partial charge is 0.365 e. The van der Waals surface area contributed by atoms with Crippen LogP contribution in [-0.2, 0) is 4.74 Å². The fourth-order valence-electron chi connectivity index (χ4n) is 0.664. The van der Waals surface area contributed by atoms with E-state index in [2.05, 4.69) is 10.6 Å². The Morgan fingerprint density at radius 2 is 2.50 bits per heavy atom. The first kappa shape index (κ1) is 5.97. The first-order valence-corrected chi connectivity index (χ1v) is 2.53.